The van der Waals surface area contributed by atoms with Gasteiger partial charge in [0.05, 0.1) is 20.8 Å². The number of hydrogen-bond donors (Lipinski definition) is 1. The highest BCUT2D eigenvalue weighted by molar-refractivity contribution is 7.09. The molecule has 25 heavy (non-hydrogen) atoms. The van der Waals surface area contributed by atoms with E-state index in [2.05, 4.69) is 5.32 Å². The molecule has 0 aliphatic carbocycles. The highest BCUT2D eigenvalue weighted by Crippen LogP contribution is 2.27. The van der Waals surface area contributed by atoms with Gasteiger partial charge in [0.25, 0.3) is 5.91 Å². The van der Waals surface area contributed by atoms with Gasteiger partial charge in [-0.2, -0.15) is 0 Å². The summed E-state index contributed by atoms with van der Waals surface area (Å²) >= 11 is 1.56. The van der Waals surface area contributed by atoms with E-state index in [4.69, 9.17) is 14.2 Å². The zero-order valence-electron chi connectivity index (χ0n) is 14.2. The first-order valence-corrected chi connectivity index (χ1v) is 8.66. The van der Waals surface area contributed by atoms with Crippen molar-refractivity contribution < 1.29 is 23.8 Å². The van der Waals surface area contributed by atoms with Crippen molar-refractivity contribution in [3.8, 4) is 11.5 Å². The van der Waals surface area contributed by atoms with E-state index < -0.39 is 5.97 Å². The largest absolute Gasteiger partial charge is 0.493 e. The van der Waals surface area contributed by atoms with E-state index in [9.17, 15) is 9.59 Å². The highest BCUT2D eigenvalue weighted by atomic mass is 32.1. The van der Waals surface area contributed by atoms with Gasteiger partial charge in [-0.05, 0) is 35.6 Å². The van der Waals surface area contributed by atoms with Gasteiger partial charge in [0.1, 0.15) is 0 Å². The van der Waals surface area contributed by atoms with Gasteiger partial charge in [-0.1, -0.05) is 12.1 Å². The number of nitrogens with one attached hydrogen (secondary N) is 1. The van der Waals surface area contributed by atoms with Crippen LogP contribution in [0, 0.1) is 0 Å². The second-order valence-electron chi connectivity index (χ2n) is 5.21. The van der Waals surface area contributed by atoms with Crippen LogP contribution in [0.4, 0.5) is 0 Å². The van der Waals surface area contributed by atoms with Gasteiger partial charge in [-0.15, -0.1) is 11.3 Å². The molecule has 0 bridgehead atoms. The summed E-state index contributed by atoms with van der Waals surface area (Å²) < 4.78 is 15.4. The normalized spacial score (nSPS) is 10.2. The maximum absolute atomic E-state index is 11.8. The Morgan fingerprint density at radius 3 is 2.60 bits per heavy atom. The summed E-state index contributed by atoms with van der Waals surface area (Å²) in [5.74, 6) is 0.520. The summed E-state index contributed by atoms with van der Waals surface area (Å²) in [6, 6.07) is 9.32. The number of carbonyl (C=O) groups is 2. The van der Waals surface area contributed by atoms with Gasteiger partial charge < -0.3 is 19.5 Å². The molecular weight excluding hydrogens is 342 g/mol. The Morgan fingerprint density at radius 2 is 1.92 bits per heavy atom. The molecule has 0 aliphatic rings. The minimum Gasteiger partial charge on any atom is -0.493 e. The maximum atomic E-state index is 11.8. The van der Waals surface area contributed by atoms with Crippen LogP contribution in [-0.2, 0) is 27.3 Å². The lowest BCUT2D eigenvalue weighted by Crippen LogP contribution is -2.28. The van der Waals surface area contributed by atoms with Crippen molar-refractivity contribution in [2.75, 3.05) is 20.8 Å². The van der Waals surface area contributed by atoms with Crippen molar-refractivity contribution in [3.05, 3.63) is 46.2 Å². The van der Waals surface area contributed by atoms with E-state index in [1.807, 2.05) is 29.6 Å². The molecule has 1 heterocycles. The number of esters is 1. The Kier molecular flexibility index (Phi) is 7.28. The van der Waals surface area contributed by atoms with Crippen LogP contribution in [0.3, 0.4) is 0 Å². The van der Waals surface area contributed by atoms with Gasteiger partial charge in [-0.3, -0.25) is 9.59 Å². The van der Waals surface area contributed by atoms with Gasteiger partial charge in [-0.25, -0.2) is 0 Å². The minimum atomic E-state index is -0.416. The first-order valence-electron chi connectivity index (χ1n) is 7.78. The first kappa shape index (κ1) is 18.8. The average molecular weight is 363 g/mol. The van der Waals surface area contributed by atoms with Crippen LogP contribution in [0.25, 0.3) is 0 Å². The molecule has 0 aliphatic heterocycles. The molecule has 134 valence electrons. The van der Waals surface area contributed by atoms with Gasteiger partial charge >= 0.3 is 5.97 Å². The van der Waals surface area contributed by atoms with Crippen LogP contribution < -0.4 is 14.8 Å². The molecule has 1 N–H and O–H groups in total. The van der Waals surface area contributed by atoms with E-state index in [-0.39, 0.29) is 18.9 Å². The third-order valence-corrected chi connectivity index (χ3v) is 4.35. The Hall–Kier alpha value is -2.54. The number of hydrogen-bond acceptors (Lipinski definition) is 6. The number of carbonyl (C=O) groups excluding carboxylic acids is 2. The summed E-state index contributed by atoms with van der Waals surface area (Å²) in [5, 5.41) is 4.65. The average Bonchev–Trinajstić information content (AvgIpc) is 3.16. The van der Waals surface area contributed by atoms with Crippen molar-refractivity contribution in [1.29, 1.82) is 0 Å². The third kappa shape index (κ3) is 6.11. The number of rotatable bonds is 9. The number of aryl methyl sites for hydroxylation is 1. The van der Waals surface area contributed by atoms with Crippen molar-refractivity contribution in [2.45, 2.75) is 19.4 Å². The molecule has 0 fully saturated rings. The molecule has 1 aromatic carbocycles. The van der Waals surface area contributed by atoms with Crippen LogP contribution >= 0.6 is 11.3 Å². The Labute approximate surface area is 150 Å². The second-order valence-corrected chi connectivity index (χ2v) is 6.24. The molecular formula is C18H21NO5S. The SMILES string of the molecule is COc1ccc(CCC(=O)OCC(=O)NCc2cccs2)cc1OC. The third-order valence-electron chi connectivity index (χ3n) is 3.47. The standard InChI is InChI=1S/C18H21NO5S/c1-22-15-7-5-13(10-16(15)23-2)6-8-18(21)24-12-17(20)19-11-14-4-3-9-25-14/h3-5,7,9-10H,6,8,11-12H2,1-2H3,(H,19,20). The van der Waals surface area contributed by atoms with E-state index in [0.717, 1.165) is 10.4 Å². The topological polar surface area (TPSA) is 73.9 Å². The Bertz CT molecular complexity index is 699. The summed E-state index contributed by atoms with van der Waals surface area (Å²) in [5.41, 5.74) is 0.928. The van der Waals surface area contributed by atoms with E-state index >= 15 is 0 Å². The Balaban J connectivity index is 1.70. The molecule has 1 aromatic heterocycles. The van der Waals surface area contributed by atoms with Crippen molar-refractivity contribution in [1.82, 2.24) is 5.32 Å². The fraction of sp³-hybridized carbons (Fsp3) is 0.333. The molecule has 0 radical (unpaired) electrons. The van der Waals surface area contributed by atoms with Crippen LogP contribution in [0.15, 0.2) is 35.7 Å². The molecule has 0 saturated heterocycles. The fourth-order valence-corrected chi connectivity index (χ4v) is 2.80. The molecule has 2 aromatic rings. The lowest BCUT2D eigenvalue weighted by atomic mass is 10.1. The summed E-state index contributed by atoms with van der Waals surface area (Å²) in [6.45, 7) is 0.176. The maximum Gasteiger partial charge on any atom is 0.306 e. The van der Waals surface area contributed by atoms with Gasteiger partial charge in [0, 0.05) is 11.3 Å². The summed E-state index contributed by atoms with van der Waals surface area (Å²) in [6.07, 6.45) is 0.684. The van der Waals surface area contributed by atoms with Crippen molar-refractivity contribution in [2.24, 2.45) is 0 Å². The molecule has 6 nitrogen and oxygen atoms in total. The number of benzene rings is 1. The summed E-state index contributed by atoms with van der Waals surface area (Å²) in [7, 11) is 3.13. The highest BCUT2D eigenvalue weighted by Gasteiger charge is 2.10. The van der Waals surface area contributed by atoms with Crippen LogP contribution in [0.2, 0.25) is 0 Å². The van der Waals surface area contributed by atoms with E-state index in [1.54, 1.807) is 31.6 Å². The molecule has 0 unspecified atom stereocenters. The van der Waals surface area contributed by atoms with Crippen LogP contribution in [0.1, 0.15) is 16.9 Å². The van der Waals surface area contributed by atoms with E-state index in [1.165, 1.54) is 0 Å². The molecule has 1 amide bonds. The molecule has 0 spiro atoms. The zero-order valence-corrected chi connectivity index (χ0v) is 15.1. The lowest BCUT2D eigenvalue weighted by molar-refractivity contribution is -0.148. The fourth-order valence-electron chi connectivity index (χ4n) is 2.15. The number of amides is 1. The first-order chi connectivity index (χ1) is 12.1. The predicted molar refractivity (Wildman–Crippen MR) is 95.0 cm³/mol. The lowest BCUT2D eigenvalue weighted by Gasteiger charge is -2.09. The monoisotopic (exact) mass is 363 g/mol. The van der Waals surface area contributed by atoms with Gasteiger partial charge in [0.2, 0.25) is 0 Å². The number of ether oxygens (including phenoxy) is 3. The molecule has 2 rings (SSSR count). The second kappa shape index (κ2) is 9.68. The van der Waals surface area contributed by atoms with Crippen LogP contribution in [0.5, 0.6) is 11.5 Å². The summed E-state index contributed by atoms with van der Waals surface area (Å²) in [4.78, 5) is 24.5. The quantitative estimate of drug-likeness (QED) is 0.693. The van der Waals surface area contributed by atoms with Gasteiger partial charge in [0.15, 0.2) is 18.1 Å². The van der Waals surface area contributed by atoms with E-state index in [0.29, 0.717) is 24.5 Å². The Morgan fingerprint density at radius 1 is 1.12 bits per heavy atom. The molecule has 0 saturated carbocycles. The minimum absolute atomic E-state index is 0.188. The number of methoxy groups -OCH3 is 2. The zero-order chi connectivity index (χ0) is 18.1. The van der Waals surface area contributed by atoms with Crippen molar-refractivity contribution in [3.63, 3.8) is 0 Å². The number of thiophene rings is 1. The van der Waals surface area contributed by atoms with Crippen molar-refractivity contribution >= 4 is 23.2 Å². The predicted octanol–water partition coefficient (Wildman–Crippen LogP) is 2.56. The molecule has 0 atom stereocenters. The molecule has 7 heteroatoms. The smallest absolute Gasteiger partial charge is 0.306 e. The van der Waals surface area contributed by atoms with Crippen LogP contribution in [-0.4, -0.2) is 32.7 Å².